The monoisotopic (exact) mass is 184 g/mol. The van der Waals surface area contributed by atoms with Crippen molar-refractivity contribution in [2.45, 2.75) is 19.3 Å². The quantitative estimate of drug-likeness (QED) is 0.665. The van der Waals surface area contributed by atoms with Gasteiger partial charge < -0.3 is 5.11 Å². The zero-order valence-electron chi connectivity index (χ0n) is 8.01. The van der Waals surface area contributed by atoms with Gasteiger partial charge in [0, 0.05) is 5.56 Å². The van der Waals surface area contributed by atoms with Crippen molar-refractivity contribution in [1.82, 2.24) is 0 Å². The van der Waals surface area contributed by atoms with Gasteiger partial charge in [0.2, 0.25) is 0 Å². The topological polar surface area (TPSA) is 20.2 Å². The first-order valence-corrected chi connectivity index (χ1v) is 4.74. The summed E-state index contributed by atoms with van der Waals surface area (Å²) in [5.74, 6) is 3.06. The van der Waals surface area contributed by atoms with E-state index in [9.17, 15) is 5.11 Å². The lowest BCUT2D eigenvalue weighted by atomic mass is 9.97. The van der Waals surface area contributed by atoms with Gasteiger partial charge in [0.1, 0.15) is 5.75 Å². The Morgan fingerprint density at radius 1 is 1.43 bits per heavy atom. The Morgan fingerprint density at radius 2 is 2.14 bits per heavy atom. The maximum atomic E-state index is 9.75. The minimum Gasteiger partial charge on any atom is -0.508 e. The van der Waals surface area contributed by atoms with Gasteiger partial charge in [-0.25, -0.2) is 0 Å². The van der Waals surface area contributed by atoms with Gasteiger partial charge in [-0.15, -0.1) is 6.42 Å². The Hall–Kier alpha value is -1.68. The highest BCUT2D eigenvalue weighted by atomic mass is 16.3. The first-order chi connectivity index (χ1) is 6.77. The summed E-state index contributed by atoms with van der Waals surface area (Å²) >= 11 is 0. The first-order valence-electron chi connectivity index (χ1n) is 4.74. The lowest BCUT2D eigenvalue weighted by Crippen LogP contribution is -1.93. The van der Waals surface area contributed by atoms with E-state index in [0.29, 0.717) is 5.75 Å². The molecule has 0 aromatic heterocycles. The summed E-state index contributed by atoms with van der Waals surface area (Å²) in [6, 6.07) is 1.71. The number of hydrogen-bond donors (Lipinski definition) is 1. The van der Waals surface area contributed by atoms with Crippen LogP contribution in [0, 0.1) is 12.3 Å². The standard InChI is InChI=1S/C13H12O/c1-3-9-8-13(14)12-7-5-6-11(12)10(9)4-2/h2-3,8,14H,1,5-7H2. The van der Waals surface area contributed by atoms with E-state index in [4.69, 9.17) is 6.42 Å². The molecule has 1 aromatic rings. The Balaban J connectivity index is 2.75. The molecule has 0 radical (unpaired) electrons. The Kier molecular flexibility index (Phi) is 2.05. The van der Waals surface area contributed by atoms with E-state index < -0.39 is 0 Å². The largest absolute Gasteiger partial charge is 0.508 e. The second-order valence-corrected chi connectivity index (χ2v) is 3.52. The number of hydrogen-bond acceptors (Lipinski definition) is 1. The normalized spacial score (nSPS) is 13.4. The lowest BCUT2D eigenvalue weighted by Gasteiger charge is -2.08. The number of aromatic hydroxyl groups is 1. The van der Waals surface area contributed by atoms with Crippen molar-refractivity contribution in [1.29, 1.82) is 0 Å². The molecule has 1 heteroatoms. The molecule has 0 atom stereocenters. The van der Waals surface area contributed by atoms with Gasteiger partial charge >= 0.3 is 0 Å². The van der Waals surface area contributed by atoms with Crippen LogP contribution < -0.4 is 0 Å². The van der Waals surface area contributed by atoms with E-state index in [-0.39, 0.29) is 0 Å². The van der Waals surface area contributed by atoms with Crippen LogP contribution in [0.25, 0.3) is 6.08 Å². The Morgan fingerprint density at radius 3 is 2.79 bits per heavy atom. The molecule has 0 unspecified atom stereocenters. The van der Waals surface area contributed by atoms with Crippen LogP contribution in [0.3, 0.4) is 0 Å². The molecule has 0 heterocycles. The minimum absolute atomic E-state index is 0.367. The molecule has 0 saturated heterocycles. The van der Waals surface area contributed by atoms with Crippen LogP contribution in [0.5, 0.6) is 5.75 Å². The molecule has 1 N–H and O–H groups in total. The molecule has 2 rings (SSSR count). The van der Waals surface area contributed by atoms with Crippen LogP contribution >= 0.6 is 0 Å². The average molecular weight is 184 g/mol. The summed E-state index contributed by atoms with van der Waals surface area (Å²) < 4.78 is 0. The third kappa shape index (κ3) is 1.12. The number of rotatable bonds is 1. The van der Waals surface area contributed by atoms with Crippen LogP contribution in [0.2, 0.25) is 0 Å². The Labute approximate surface area is 84.1 Å². The van der Waals surface area contributed by atoms with Crippen LogP contribution in [-0.2, 0) is 12.8 Å². The van der Waals surface area contributed by atoms with Gasteiger partial charge in [0.15, 0.2) is 0 Å². The fourth-order valence-electron chi connectivity index (χ4n) is 2.11. The first kappa shape index (κ1) is 8.90. The number of phenolic OH excluding ortho intramolecular Hbond substituents is 1. The minimum atomic E-state index is 0.367. The average Bonchev–Trinajstić information content (AvgIpc) is 2.66. The van der Waals surface area contributed by atoms with Gasteiger partial charge in [0.05, 0.1) is 0 Å². The summed E-state index contributed by atoms with van der Waals surface area (Å²) in [6.45, 7) is 3.70. The van der Waals surface area contributed by atoms with Crippen molar-refractivity contribution >= 4 is 6.08 Å². The molecular weight excluding hydrogens is 172 g/mol. The van der Waals surface area contributed by atoms with Gasteiger partial charge in [0.25, 0.3) is 0 Å². The van der Waals surface area contributed by atoms with E-state index in [1.54, 1.807) is 12.1 Å². The summed E-state index contributed by atoms with van der Waals surface area (Å²) in [6.07, 6.45) is 10.2. The molecule has 1 aliphatic carbocycles. The SMILES string of the molecule is C#Cc1c(C=C)cc(O)c2c1CCC2. The van der Waals surface area contributed by atoms with Crippen molar-refractivity contribution in [2.75, 3.05) is 0 Å². The predicted octanol–water partition coefficient (Wildman–Crippen LogP) is 2.51. The van der Waals surface area contributed by atoms with Crippen molar-refractivity contribution in [3.8, 4) is 18.1 Å². The number of fused-ring (bicyclic) bond motifs is 1. The van der Waals surface area contributed by atoms with Crippen molar-refractivity contribution in [3.05, 3.63) is 34.9 Å². The maximum Gasteiger partial charge on any atom is 0.119 e. The third-order valence-corrected chi connectivity index (χ3v) is 2.77. The second-order valence-electron chi connectivity index (χ2n) is 3.52. The van der Waals surface area contributed by atoms with Gasteiger partial charge in [-0.05, 0) is 42.0 Å². The second kappa shape index (κ2) is 3.23. The number of phenols is 1. The molecule has 0 aliphatic heterocycles. The van der Waals surface area contributed by atoms with Crippen molar-refractivity contribution in [2.24, 2.45) is 0 Å². The van der Waals surface area contributed by atoms with E-state index in [1.165, 1.54) is 0 Å². The molecule has 0 saturated carbocycles. The molecule has 0 amide bonds. The van der Waals surface area contributed by atoms with Crippen LogP contribution in [-0.4, -0.2) is 5.11 Å². The smallest absolute Gasteiger partial charge is 0.119 e. The van der Waals surface area contributed by atoms with E-state index in [1.807, 2.05) is 0 Å². The molecular formula is C13H12O. The molecule has 0 spiro atoms. The predicted molar refractivity (Wildman–Crippen MR) is 58.2 cm³/mol. The van der Waals surface area contributed by atoms with Crippen molar-refractivity contribution in [3.63, 3.8) is 0 Å². The molecule has 70 valence electrons. The summed E-state index contributed by atoms with van der Waals surface area (Å²) in [7, 11) is 0. The molecule has 1 nitrogen and oxygen atoms in total. The maximum absolute atomic E-state index is 9.75. The molecule has 14 heavy (non-hydrogen) atoms. The fraction of sp³-hybridized carbons (Fsp3) is 0.231. The number of terminal acetylenes is 1. The zero-order chi connectivity index (χ0) is 10.1. The molecule has 0 fully saturated rings. The van der Waals surface area contributed by atoms with Gasteiger partial charge in [-0.1, -0.05) is 18.6 Å². The van der Waals surface area contributed by atoms with E-state index in [2.05, 4.69) is 12.5 Å². The van der Waals surface area contributed by atoms with Crippen molar-refractivity contribution < 1.29 is 5.11 Å². The molecule has 1 aliphatic rings. The highest BCUT2D eigenvalue weighted by Gasteiger charge is 2.19. The highest BCUT2D eigenvalue weighted by molar-refractivity contribution is 5.66. The van der Waals surface area contributed by atoms with Crippen LogP contribution in [0.4, 0.5) is 0 Å². The van der Waals surface area contributed by atoms with Gasteiger partial charge in [-0.3, -0.25) is 0 Å². The third-order valence-electron chi connectivity index (χ3n) is 2.77. The fourth-order valence-corrected chi connectivity index (χ4v) is 2.11. The van der Waals surface area contributed by atoms with Crippen LogP contribution in [0.1, 0.15) is 28.7 Å². The van der Waals surface area contributed by atoms with E-state index >= 15 is 0 Å². The van der Waals surface area contributed by atoms with Crippen LogP contribution in [0.15, 0.2) is 12.6 Å². The van der Waals surface area contributed by atoms with E-state index in [0.717, 1.165) is 41.5 Å². The summed E-state index contributed by atoms with van der Waals surface area (Å²) in [5, 5.41) is 9.75. The summed E-state index contributed by atoms with van der Waals surface area (Å²) in [4.78, 5) is 0. The lowest BCUT2D eigenvalue weighted by molar-refractivity contribution is 0.469. The molecule has 0 bridgehead atoms. The summed E-state index contributed by atoms with van der Waals surface area (Å²) in [5.41, 5.74) is 3.95. The Bertz CT molecular complexity index is 436. The zero-order valence-corrected chi connectivity index (χ0v) is 8.01. The van der Waals surface area contributed by atoms with Gasteiger partial charge in [-0.2, -0.15) is 0 Å². The highest BCUT2D eigenvalue weighted by Crippen LogP contribution is 2.34. The number of benzene rings is 1. The molecule has 1 aromatic carbocycles.